The third kappa shape index (κ3) is 4.47. The van der Waals surface area contributed by atoms with Crippen molar-refractivity contribution in [1.29, 1.82) is 0 Å². The Bertz CT molecular complexity index is 572. The fourth-order valence-electron chi connectivity index (χ4n) is 1.84. The van der Waals surface area contributed by atoms with E-state index in [1.807, 2.05) is 54.6 Å². The minimum Gasteiger partial charge on any atom is -0.460 e. The Morgan fingerprint density at radius 3 is 2.50 bits per heavy atom. The number of rotatable bonds is 5. The Hall–Kier alpha value is -1.65. The van der Waals surface area contributed by atoms with Crippen molar-refractivity contribution in [2.75, 3.05) is 0 Å². The van der Waals surface area contributed by atoms with E-state index in [4.69, 9.17) is 10.5 Å². The van der Waals surface area contributed by atoms with Crippen LogP contribution < -0.4 is 5.73 Å². The average molecular weight is 334 g/mol. The highest BCUT2D eigenvalue weighted by molar-refractivity contribution is 9.10. The number of halogens is 1. The first-order valence-electron chi connectivity index (χ1n) is 6.36. The Kier molecular flexibility index (Phi) is 5.32. The van der Waals surface area contributed by atoms with Crippen LogP contribution in [0.5, 0.6) is 0 Å². The summed E-state index contributed by atoms with van der Waals surface area (Å²) in [7, 11) is 0. The van der Waals surface area contributed by atoms with Gasteiger partial charge in [-0.3, -0.25) is 4.79 Å². The average Bonchev–Trinajstić information content (AvgIpc) is 2.46. The molecule has 0 fully saturated rings. The summed E-state index contributed by atoms with van der Waals surface area (Å²) in [5, 5.41) is 0. The van der Waals surface area contributed by atoms with Crippen molar-refractivity contribution in [3.63, 3.8) is 0 Å². The quantitative estimate of drug-likeness (QED) is 0.855. The highest BCUT2D eigenvalue weighted by atomic mass is 79.9. The molecular weight excluding hydrogens is 318 g/mol. The van der Waals surface area contributed by atoms with E-state index < -0.39 is 6.04 Å². The predicted octanol–water partition coefficient (Wildman–Crippen LogP) is 3.06. The van der Waals surface area contributed by atoms with Gasteiger partial charge in [0.25, 0.3) is 0 Å². The van der Waals surface area contributed by atoms with E-state index in [0.29, 0.717) is 6.42 Å². The number of hydrogen-bond acceptors (Lipinski definition) is 3. The number of nitrogens with two attached hydrogens (primary N) is 1. The van der Waals surface area contributed by atoms with E-state index >= 15 is 0 Å². The minimum atomic E-state index is -0.635. The fourth-order valence-corrected chi connectivity index (χ4v) is 2.29. The first-order valence-corrected chi connectivity index (χ1v) is 7.15. The highest BCUT2D eigenvalue weighted by Gasteiger charge is 2.15. The van der Waals surface area contributed by atoms with E-state index in [2.05, 4.69) is 15.9 Å². The van der Waals surface area contributed by atoms with Crippen LogP contribution >= 0.6 is 15.9 Å². The lowest BCUT2D eigenvalue weighted by atomic mass is 10.1. The molecular formula is C16H16BrNO2. The summed E-state index contributed by atoms with van der Waals surface area (Å²) in [6, 6.07) is 16.7. The first kappa shape index (κ1) is 14.8. The summed E-state index contributed by atoms with van der Waals surface area (Å²) in [5.74, 6) is -0.381. The van der Waals surface area contributed by atoms with E-state index in [1.54, 1.807) is 0 Å². The molecule has 0 heterocycles. The second-order valence-electron chi connectivity index (χ2n) is 4.53. The largest absolute Gasteiger partial charge is 0.460 e. The Morgan fingerprint density at radius 2 is 1.80 bits per heavy atom. The molecule has 2 aromatic carbocycles. The van der Waals surface area contributed by atoms with Crippen LogP contribution in [0.15, 0.2) is 59.1 Å². The molecule has 3 nitrogen and oxygen atoms in total. The minimum absolute atomic E-state index is 0.237. The molecule has 0 spiro atoms. The van der Waals surface area contributed by atoms with Crippen molar-refractivity contribution in [2.45, 2.75) is 19.1 Å². The van der Waals surface area contributed by atoms with Crippen LogP contribution in [0.1, 0.15) is 11.1 Å². The van der Waals surface area contributed by atoms with Crippen molar-refractivity contribution in [1.82, 2.24) is 0 Å². The maximum atomic E-state index is 11.8. The van der Waals surface area contributed by atoms with Gasteiger partial charge in [0.2, 0.25) is 0 Å². The number of benzene rings is 2. The first-order chi connectivity index (χ1) is 9.65. The molecule has 0 radical (unpaired) electrons. The van der Waals surface area contributed by atoms with E-state index in [-0.39, 0.29) is 12.6 Å². The topological polar surface area (TPSA) is 52.3 Å². The molecule has 0 bridgehead atoms. The smallest absolute Gasteiger partial charge is 0.323 e. The summed E-state index contributed by atoms with van der Waals surface area (Å²) in [6.07, 6.45) is 0.484. The molecule has 20 heavy (non-hydrogen) atoms. The SMILES string of the molecule is NC(Cc1ccccc1)C(=O)OCc1cccc(Br)c1. The van der Waals surface area contributed by atoms with Crippen LogP contribution in [0, 0.1) is 0 Å². The molecule has 0 aliphatic heterocycles. The van der Waals surface area contributed by atoms with Gasteiger partial charge in [-0.2, -0.15) is 0 Å². The molecule has 0 aromatic heterocycles. The zero-order valence-corrected chi connectivity index (χ0v) is 12.5. The summed E-state index contributed by atoms with van der Waals surface area (Å²) in [4.78, 5) is 11.8. The van der Waals surface area contributed by atoms with Crippen molar-refractivity contribution in [3.05, 3.63) is 70.2 Å². The summed E-state index contributed by atoms with van der Waals surface area (Å²) in [5.41, 5.74) is 7.82. The van der Waals surface area contributed by atoms with Crippen LogP contribution in [0.25, 0.3) is 0 Å². The van der Waals surface area contributed by atoms with Gasteiger partial charge in [-0.05, 0) is 29.7 Å². The predicted molar refractivity (Wildman–Crippen MR) is 82.1 cm³/mol. The van der Waals surface area contributed by atoms with Crippen LogP contribution in [0.3, 0.4) is 0 Å². The van der Waals surface area contributed by atoms with Crippen molar-refractivity contribution >= 4 is 21.9 Å². The molecule has 2 N–H and O–H groups in total. The lowest BCUT2D eigenvalue weighted by Crippen LogP contribution is -2.34. The normalized spacial score (nSPS) is 11.9. The van der Waals surface area contributed by atoms with E-state index in [0.717, 1.165) is 15.6 Å². The third-order valence-electron chi connectivity index (χ3n) is 2.87. The van der Waals surface area contributed by atoms with Crippen LogP contribution in [-0.2, 0) is 22.6 Å². The molecule has 0 amide bonds. The summed E-state index contributed by atoms with van der Waals surface area (Å²) >= 11 is 3.38. The van der Waals surface area contributed by atoms with Crippen molar-refractivity contribution in [3.8, 4) is 0 Å². The van der Waals surface area contributed by atoms with E-state index in [9.17, 15) is 4.79 Å². The third-order valence-corrected chi connectivity index (χ3v) is 3.36. The molecule has 1 unspecified atom stereocenters. The zero-order valence-electron chi connectivity index (χ0n) is 11.0. The van der Waals surface area contributed by atoms with Crippen LogP contribution in [0.4, 0.5) is 0 Å². The number of carbonyl (C=O) groups excluding carboxylic acids is 1. The molecule has 0 saturated carbocycles. The lowest BCUT2D eigenvalue weighted by Gasteiger charge is -2.11. The molecule has 4 heteroatoms. The number of hydrogen-bond donors (Lipinski definition) is 1. The number of esters is 1. The Balaban J connectivity index is 1.85. The highest BCUT2D eigenvalue weighted by Crippen LogP contribution is 2.12. The van der Waals surface area contributed by atoms with Gasteiger partial charge in [-0.15, -0.1) is 0 Å². The molecule has 104 valence electrons. The second kappa shape index (κ2) is 7.22. The van der Waals surface area contributed by atoms with Crippen molar-refractivity contribution in [2.24, 2.45) is 5.73 Å². The Morgan fingerprint density at radius 1 is 1.10 bits per heavy atom. The van der Waals surface area contributed by atoms with Gasteiger partial charge < -0.3 is 10.5 Å². The van der Waals surface area contributed by atoms with Gasteiger partial charge in [-0.25, -0.2) is 0 Å². The van der Waals surface area contributed by atoms with Gasteiger partial charge in [0.1, 0.15) is 12.6 Å². The maximum absolute atomic E-state index is 11.8. The molecule has 0 aliphatic rings. The van der Waals surface area contributed by atoms with Gasteiger partial charge >= 0.3 is 5.97 Å². The number of ether oxygens (including phenoxy) is 1. The summed E-state index contributed by atoms with van der Waals surface area (Å²) in [6.45, 7) is 0.237. The van der Waals surface area contributed by atoms with Gasteiger partial charge in [-0.1, -0.05) is 58.4 Å². The molecule has 2 aromatic rings. The maximum Gasteiger partial charge on any atom is 0.323 e. The van der Waals surface area contributed by atoms with Gasteiger partial charge in [0.05, 0.1) is 0 Å². The van der Waals surface area contributed by atoms with Gasteiger partial charge in [0.15, 0.2) is 0 Å². The monoisotopic (exact) mass is 333 g/mol. The molecule has 0 saturated heterocycles. The molecule has 0 aliphatic carbocycles. The fraction of sp³-hybridized carbons (Fsp3) is 0.188. The summed E-state index contributed by atoms with van der Waals surface area (Å²) < 4.78 is 6.19. The Labute approximate surface area is 126 Å². The molecule has 2 rings (SSSR count). The van der Waals surface area contributed by atoms with E-state index in [1.165, 1.54) is 0 Å². The molecule has 1 atom stereocenters. The lowest BCUT2D eigenvalue weighted by molar-refractivity contribution is -0.146. The zero-order chi connectivity index (χ0) is 14.4. The van der Waals surface area contributed by atoms with Crippen LogP contribution in [-0.4, -0.2) is 12.0 Å². The second-order valence-corrected chi connectivity index (χ2v) is 5.45. The van der Waals surface area contributed by atoms with Crippen molar-refractivity contribution < 1.29 is 9.53 Å². The van der Waals surface area contributed by atoms with Crippen LogP contribution in [0.2, 0.25) is 0 Å². The number of carbonyl (C=O) groups is 1. The standard InChI is InChI=1S/C16H16BrNO2/c17-14-8-4-7-13(9-14)11-20-16(19)15(18)10-12-5-2-1-3-6-12/h1-9,15H,10-11,18H2. The van der Waals surface area contributed by atoms with Gasteiger partial charge in [0, 0.05) is 4.47 Å².